The van der Waals surface area contributed by atoms with E-state index in [2.05, 4.69) is 17.1 Å². The van der Waals surface area contributed by atoms with Gasteiger partial charge in [0.1, 0.15) is 5.82 Å². The van der Waals surface area contributed by atoms with Crippen LogP contribution in [0.5, 0.6) is 11.5 Å². The Morgan fingerprint density at radius 2 is 1.76 bits per heavy atom. The van der Waals surface area contributed by atoms with Crippen LogP contribution in [-0.4, -0.2) is 38.1 Å². The summed E-state index contributed by atoms with van der Waals surface area (Å²) in [7, 11) is 3.26. The van der Waals surface area contributed by atoms with Crippen LogP contribution in [0.1, 0.15) is 36.5 Å². The Labute approximate surface area is 171 Å². The minimum absolute atomic E-state index is 0.141. The second-order valence-electron chi connectivity index (χ2n) is 7.65. The van der Waals surface area contributed by atoms with Gasteiger partial charge in [-0.25, -0.2) is 4.39 Å². The molecule has 3 rings (SSSR count). The highest BCUT2D eigenvalue weighted by atomic mass is 19.1. The number of nitrogens with one attached hydrogen (secondary N) is 1. The van der Waals surface area contributed by atoms with Crippen molar-refractivity contribution in [3.8, 4) is 11.5 Å². The van der Waals surface area contributed by atoms with E-state index in [0.717, 1.165) is 30.9 Å². The summed E-state index contributed by atoms with van der Waals surface area (Å²) >= 11 is 0. The number of ether oxygens (including phenoxy) is 2. The van der Waals surface area contributed by atoms with E-state index in [4.69, 9.17) is 9.47 Å². The molecule has 0 atom stereocenters. The minimum Gasteiger partial charge on any atom is -0.493 e. The van der Waals surface area contributed by atoms with Gasteiger partial charge in [-0.05, 0) is 49.1 Å². The zero-order valence-electron chi connectivity index (χ0n) is 17.5. The predicted molar refractivity (Wildman–Crippen MR) is 111 cm³/mol. The third kappa shape index (κ3) is 4.53. The molecular weight excluding hydrogens is 371 g/mol. The first kappa shape index (κ1) is 21.1. The summed E-state index contributed by atoms with van der Waals surface area (Å²) in [4.78, 5) is 14.2. The van der Waals surface area contributed by atoms with Gasteiger partial charge in [0, 0.05) is 32.1 Å². The van der Waals surface area contributed by atoms with Gasteiger partial charge in [-0.1, -0.05) is 18.2 Å². The van der Waals surface area contributed by atoms with Gasteiger partial charge < -0.3 is 14.8 Å². The molecule has 5 nitrogen and oxygen atoms in total. The third-order valence-corrected chi connectivity index (χ3v) is 5.75. The lowest BCUT2D eigenvalue weighted by atomic mass is 9.80. The number of nitrogens with zero attached hydrogens (tertiary/aromatic N) is 1. The van der Waals surface area contributed by atoms with Gasteiger partial charge in [0.2, 0.25) is 5.91 Å². The first-order valence-electron chi connectivity index (χ1n) is 9.86. The molecule has 1 amide bonds. The van der Waals surface area contributed by atoms with Crippen LogP contribution in [0, 0.1) is 12.7 Å². The average Bonchev–Trinajstić information content (AvgIpc) is 2.70. The number of rotatable bonds is 6. The molecule has 29 heavy (non-hydrogen) atoms. The number of likely N-dealkylation sites (tertiary alicyclic amines) is 1. The van der Waals surface area contributed by atoms with Crippen molar-refractivity contribution >= 4 is 5.91 Å². The lowest BCUT2D eigenvalue weighted by Gasteiger charge is -2.43. The fourth-order valence-corrected chi connectivity index (χ4v) is 4.17. The van der Waals surface area contributed by atoms with Crippen molar-refractivity contribution in [2.24, 2.45) is 0 Å². The number of carbonyl (C=O) groups is 1. The van der Waals surface area contributed by atoms with E-state index >= 15 is 0 Å². The molecule has 1 fully saturated rings. The number of benzene rings is 2. The van der Waals surface area contributed by atoms with E-state index in [-0.39, 0.29) is 11.7 Å². The maximum atomic E-state index is 14.5. The van der Waals surface area contributed by atoms with Gasteiger partial charge in [-0.3, -0.25) is 9.69 Å². The number of amides is 1. The third-order valence-electron chi connectivity index (χ3n) is 5.75. The Kier molecular flexibility index (Phi) is 6.42. The topological polar surface area (TPSA) is 50.8 Å². The van der Waals surface area contributed by atoms with Gasteiger partial charge in [0.15, 0.2) is 11.5 Å². The summed E-state index contributed by atoms with van der Waals surface area (Å²) in [5.41, 5.74) is 2.20. The number of piperidine rings is 1. The molecule has 1 aliphatic rings. The quantitative estimate of drug-likeness (QED) is 0.802. The van der Waals surface area contributed by atoms with Crippen molar-refractivity contribution < 1.29 is 18.7 Å². The zero-order valence-corrected chi connectivity index (χ0v) is 17.5. The molecule has 1 heterocycles. The molecule has 0 aromatic heterocycles. The number of halogens is 1. The number of hydrogen-bond acceptors (Lipinski definition) is 4. The van der Waals surface area contributed by atoms with E-state index in [0.29, 0.717) is 24.2 Å². The highest BCUT2D eigenvalue weighted by molar-refractivity contribution is 5.74. The van der Waals surface area contributed by atoms with Gasteiger partial charge >= 0.3 is 0 Å². The normalized spacial score (nSPS) is 16.3. The fraction of sp³-hybridized carbons (Fsp3) is 0.435. The molecule has 0 aliphatic carbocycles. The molecule has 156 valence electrons. The molecule has 0 spiro atoms. The van der Waals surface area contributed by atoms with E-state index in [1.54, 1.807) is 26.4 Å². The Bertz CT molecular complexity index is 876. The maximum Gasteiger partial charge on any atom is 0.217 e. The lowest BCUT2D eigenvalue weighted by molar-refractivity contribution is -0.121. The zero-order chi connectivity index (χ0) is 21.0. The van der Waals surface area contributed by atoms with E-state index in [9.17, 15) is 9.18 Å². The Morgan fingerprint density at radius 1 is 1.14 bits per heavy atom. The summed E-state index contributed by atoms with van der Waals surface area (Å²) in [6.45, 7) is 5.81. The molecule has 0 unspecified atom stereocenters. The van der Waals surface area contributed by atoms with Crippen LogP contribution in [-0.2, 0) is 16.9 Å². The summed E-state index contributed by atoms with van der Waals surface area (Å²) in [5, 5.41) is 3.04. The minimum atomic E-state index is -0.666. The Hall–Kier alpha value is -2.60. The Balaban J connectivity index is 1.78. The predicted octanol–water partition coefficient (Wildman–Crippen LogP) is 3.78. The molecule has 6 heteroatoms. The molecule has 1 N–H and O–H groups in total. The van der Waals surface area contributed by atoms with E-state index < -0.39 is 5.54 Å². The lowest BCUT2D eigenvalue weighted by Crippen LogP contribution is -2.52. The van der Waals surface area contributed by atoms with Crippen LogP contribution in [0.15, 0.2) is 36.4 Å². The van der Waals surface area contributed by atoms with Crippen LogP contribution in [0.3, 0.4) is 0 Å². The monoisotopic (exact) mass is 400 g/mol. The molecular formula is C23H29FN2O3. The van der Waals surface area contributed by atoms with Gasteiger partial charge in [0.25, 0.3) is 0 Å². The summed E-state index contributed by atoms with van der Waals surface area (Å²) in [6.07, 6.45) is 1.31. The van der Waals surface area contributed by atoms with Crippen molar-refractivity contribution in [3.05, 3.63) is 58.9 Å². The summed E-state index contributed by atoms with van der Waals surface area (Å²) < 4.78 is 25.3. The van der Waals surface area contributed by atoms with Crippen LogP contribution in [0.2, 0.25) is 0 Å². The van der Waals surface area contributed by atoms with Crippen molar-refractivity contribution in [2.45, 2.75) is 38.8 Å². The number of methoxy groups -OCH3 is 2. The average molecular weight is 400 g/mol. The van der Waals surface area contributed by atoms with Gasteiger partial charge in [0.05, 0.1) is 19.8 Å². The second-order valence-corrected chi connectivity index (χ2v) is 7.65. The first-order chi connectivity index (χ1) is 13.9. The smallest absolute Gasteiger partial charge is 0.217 e. The Morgan fingerprint density at radius 3 is 2.34 bits per heavy atom. The molecule has 0 radical (unpaired) electrons. The molecule has 1 saturated heterocycles. The van der Waals surface area contributed by atoms with E-state index in [1.807, 2.05) is 18.2 Å². The highest BCUT2D eigenvalue weighted by Crippen LogP contribution is 2.36. The standard InChI is InChI=1S/C23H29FN2O3/c1-16-13-21(28-3)22(29-4)14-18(16)15-26-11-9-23(10-12-26,25-17(2)27)19-7-5-6-8-20(19)24/h5-8,13-14H,9-12,15H2,1-4H3,(H,25,27). The van der Waals surface area contributed by atoms with Crippen LogP contribution >= 0.6 is 0 Å². The van der Waals surface area contributed by atoms with Gasteiger partial charge in [-0.15, -0.1) is 0 Å². The maximum absolute atomic E-state index is 14.5. The van der Waals surface area contributed by atoms with Crippen LogP contribution < -0.4 is 14.8 Å². The number of aryl methyl sites for hydroxylation is 1. The van der Waals surface area contributed by atoms with E-state index in [1.165, 1.54) is 18.6 Å². The first-order valence-corrected chi connectivity index (χ1v) is 9.86. The molecule has 2 aromatic rings. The molecule has 1 aliphatic heterocycles. The highest BCUT2D eigenvalue weighted by Gasteiger charge is 2.38. The second kappa shape index (κ2) is 8.82. The van der Waals surface area contributed by atoms with Crippen LogP contribution in [0.25, 0.3) is 0 Å². The van der Waals surface area contributed by atoms with Crippen molar-refractivity contribution in [2.75, 3.05) is 27.3 Å². The number of hydrogen-bond donors (Lipinski definition) is 1. The molecule has 0 saturated carbocycles. The SMILES string of the molecule is COc1cc(C)c(CN2CCC(NC(C)=O)(c3ccccc3F)CC2)cc1OC. The molecule has 2 aromatic carbocycles. The largest absolute Gasteiger partial charge is 0.493 e. The molecule has 0 bridgehead atoms. The van der Waals surface area contributed by atoms with Crippen LogP contribution in [0.4, 0.5) is 4.39 Å². The summed E-state index contributed by atoms with van der Waals surface area (Å²) in [6, 6.07) is 10.7. The fourth-order valence-electron chi connectivity index (χ4n) is 4.17. The van der Waals surface area contributed by atoms with Crippen molar-refractivity contribution in [1.82, 2.24) is 10.2 Å². The summed E-state index contributed by atoms with van der Waals surface area (Å²) in [5.74, 6) is 1.02. The number of carbonyl (C=O) groups excluding carboxylic acids is 1. The van der Waals surface area contributed by atoms with Crippen molar-refractivity contribution in [1.29, 1.82) is 0 Å². The van der Waals surface area contributed by atoms with Crippen molar-refractivity contribution in [3.63, 3.8) is 0 Å². The van der Waals surface area contributed by atoms with Gasteiger partial charge in [-0.2, -0.15) is 0 Å².